The van der Waals surface area contributed by atoms with E-state index in [4.69, 9.17) is 4.74 Å². The van der Waals surface area contributed by atoms with E-state index in [0.717, 1.165) is 47.7 Å². The molecule has 8 nitrogen and oxygen atoms in total. The lowest BCUT2D eigenvalue weighted by molar-refractivity contribution is -0.142. The molecule has 1 N–H and O–H groups in total. The van der Waals surface area contributed by atoms with E-state index in [2.05, 4.69) is 36.1 Å². The normalized spacial score (nSPS) is 20.1. The van der Waals surface area contributed by atoms with Crippen molar-refractivity contribution in [3.63, 3.8) is 0 Å². The predicted molar refractivity (Wildman–Crippen MR) is 126 cm³/mol. The summed E-state index contributed by atoms with van der Waals surface area (Å²) >= 11 is 3.48. The van der Waals surface area contributed by atoms with Crippen molar-refractivity contribution in [3.05, 3.63) is 34.7 Å². The van der Waals surface area contributed by atoms with E-state index in [1.807, 2.05) is 33.8 Å². The molecule has 158 valence electrons. The first kappa shape index (κ1) is 22.3. The number of aromatic nitrogens is 2. The highest BCUT2D eigenvalue weighted by Gasteiger charge is 2.30. The second-order valence-electron chi connectivity index (χ2n) is 7.06. The third kappa shape index (κ3) is 5.21. The van der Waals surface area contributed by atoms with Gasteiger partial charge in [-0.3, -0.25) is 9.79 Å². The van der Waals surface area contributed by atoms with Crippen molar-refractivity contribution in [2.24, 2.45) is 4.99 Å². The van der Waals surface area contributed by atoms with E-state index < -0.39 is 0 Å². The van der Waals surface area contributed by atoms with Gasteiger partial charge in [0.1, 0.15) is 11.8 Å². The molecule has 0 spiro atoms. The molecule has 0 aromatic carbocycles. The summed E-state index contributed by atoms with van der Waals surface area (Å²) in [6, 6.07) is 3.96. The Bertz CT molecular complexity index is 875. The van der Waals surface area contributed by atoms with Crippen LogP contribution in [0.25, 0.3) is 5.65 Å². The van der Waals surface area contributed by atoms with Crippen molar-refractivity contribution < 1.29 is 9.53 Å². The molecule has 10 heteroatoms. The molecule has 2 saturated heterocycles. The van der Waals surface area contributed by atoms with Gasteiger partial charge < -0.3 is 24.3 Å². The summed E-state index contributed by atoms with van der Waals surface area (Å²) in [7, 11) is 1.78. The molecular formula is C19H26BrIN6O2. The highest BCUT2D eigenvalue weighted by Crippen LogP contribution is 2.16. The second-order valence-corrected chi connectivity index (χ2v) is 7.98. The molecule has 29 heavy (non-hydrogen) atoms. The number of guanidine groups is 1. The fraction of sp³-hybridized carbons (Fsp3) is 0.526. The summed E-state index contributed by atoms with van der Waals surface area (Å²) in [4.78, 5) is 25.6. The second kappa shape index (κ2) is 10.1. The molecule has 0 aliphatic carbocycles. The number of carbonyl (C=O) groups excluding carboxylic acids is 1. The molecular weight excluding hydrogens is 551 g/mol. The molecule has 4 heterocycles. The Morgan fingerprint density at radius 2 is 2.03 bits per heavy atom. The number of hydrogen-bond acceptors (Lipinski definition) is 4. The van der Waals surface area contributed by atoms with Crippen LogP contribution in [0.2, 0.25) is 0 Å². The maximum absolute atomic E-state index is 12.5. The van der Waals surface area contributed by atoms with Crippen molar-refractivity contribution in [1.82, 2.24) is 24.5 Å². The molecule has 2 aliphatic rings. The SMILES string of the molecule is CN=C(NCc1cn2cc(Br)ccc2n1)N1CCN(C(=O)C2CCCO2)CC1.I. The number of carbonyl (C=O) groups is 1. The minimum absolute atomic E-state index is 0. The lowest BCUT2D eigenvalue weighted by Gasteiger charge is -2.37. The molecule has 1 amide bonds. The van der Waals surface area contributed by atoms with Gasteiger partial charge in [-0.15, -0.1) is 24.0 Å². The average Bonchev–Trinajstić information content (AvgIpc) is 3.38. The van der Waals surface area contributed by atoms with E-state index in [-0.39, 0.29) is 36.0 Å². The van der Waals surface area contributed by atoms with Crippen LogP contribution < -0.4 is 5.32 Å². The quantitative estimate of drug-likeness (QED) is 0.344. The number of piperazine rings is 1. The van der Waals surface area contributed by atoms with Crippen LogP contribution in [0, 0.1) is 0 Å². The lowest BCUT2D eigenvalue weighted by atomic mass is 10.2. The van der Waals surface area contributed by atoms with Crippen LogP contribution in [0.15, 0.2) is 34.0 Å². The van der Waals surface area contributed by atoms with Gasteiger partial charge in [0.15, 0.2) is 5.96 Å². The van der Waals surface area contributed by atoms with Gasteiger partial charge in [-0.05, 0) is 40.9 Å². The molecule has 0 saturated carbocycles. The number of halogens is 2. The summed E-state index contributed by atoms with van der Waals surface area (Å²) < 4.78 is 8.55. The Morgan fingerprint density at radius 3 is 2.72 bits per heavy atom. The number of hydrogen-bond donors (Lipinski definition) is 1. The molecule has 0 radical (unpaired) electrons. The summed E-state index contributed by atoms with van der Waals surface area (Å²) in [6.07, 6.45) is 5.59. The van der Waals surface area contributed by atoms with Crippen LogP contribution in [0.4, 0.5) is 0 Å². The first-order valence-corrected chi connectivity index (χ1v) is 10.4. The van der Waals surface area contributed by atoms with E-state index in [9.17, 15) is 4.79 Å². The summed E-state index contributed by atoms with van der Waals surface area (Å²) in [5.41, 5.74) is 1.86. The smallest absolute Gasteiger partial charge is 0.251 e. The Kier molecular flexibility index (Phi) is 7.74. The highest BCUT2D eigenvalue weighted by molar-refractivity contribution is 14.0. The van der Waals surface area contributed by atoms with Gasteiger partial charge in [0.25, 0.3) is 5.91 Å². The maximum atomic E-state index is 12.5. The van der Waals surface area contributed by atoms with Gasteiger partial charge in [0.2, 0.25) is 0 Å². The van der Waals surface area contributed by atoms with E-state index in [1.165, 1.54) is 0 Å². The molecule has 1 atom stereocenters. The zero-order chi connectivity index (χ0) is 19.5. The molecule has 2 aromatic rings. The minimum Gasteiger partial charge on any atom is -0.368 e. The highest BCUT2D eigenvalue weighted by atomic mass is 127. The van der Waals surface area contributed by atoms with Crippen molar-refractivity contribution >= 4 is 57.4 Å². The first-order valence-electron chi connectivity index (χ1n) is 9.63. The molecule has 2 aromatic heterocycles. The van der Waals surface area contributed by atoms with Crippen LogP contribution in [0.1, 0.15) is 18.5 Å². The monoisotopic (exact) mass is 576 g/mol. The van der Waals surface area contributed by atoms with Crippen molar-refractivity contribution in [1.29, 1.82) is 0 Å². The van der Waals surface area contributed by atoms with Gasteiger partial charge in [0, 0.05) is 56.7 Å². The molecule has 2 fully saturated rings. The van der Waals surface area contributed by atoms with Crippen LogP contribution in [0.3, 0.4) is 0 Å². The van der Waals surface area contributed by atoms with Gasteiger partial charge in [-0.2, -0.15) is 0 Å². The summed E-state index contributed by atoms with van der Waals surface area (Å²) in [6.45, 7) is 4.21. The first-order chi connectivity index (χ1) is 13.6. The number of imidazole rings is 1. The molecule has 1 unspecified atom stereocenters. The van der Waals surface area contributed by atoms with Crippen LogP contribution in [-0.4, -0.2) is 77.0 Å². The van der Waals surface area contributed by atoms with Crippen molar-refractivity contribution in [3.8, 4) is 0 Å². The van der Waals surface area contributed by atoms with Crippen molar-refractivity contribution in [2.45, 2.75) is 25.5 Å². The summed E-state index contributed by atoms with van der Waals surface area (Å²) in [5, 5.41) is 3.39. The Hall–Kier alpha value is -1.40. The standard InChI is InChI=1S/C19H25BrN6O2.HI/c1-21-19(22-11-15-13-26-12-14(20)4-5-17(26)23-15)25-8-6-24(7-9-25)18(27)16-3-2-10-28-16;/h4-5,12-13,16H,2-3,6-11H2,1H3,(H,21,22);1H. The van der Waals surface area contributed by atoms with Gasteiger partial charge >= 0.3 is 0 Å². The third-order valence-electron chi connectivity index (χ3n) is 5.20. The van der Waals surface area contributed by atoms with Gasteiger partial charge in [-0.25, -0.2) is 4.98 Å². The average molecular weight is 577 g/mol. The number of ether oxygens (including phenoxy) is 1. The van der Waals surface area contributed by atoms with Crippen LogP contribution in [0.5, 0.6) is 0 Å². The zero-order valence-electron chi connectivity index (χ0n) is 16.4. The zero-order valence-corrected chi connectivity index (χ0v) is 20.3. The number of pyridine rings is 1. The van der Waals surface area contributed by atoms with E-state index in [0.29, 0.717) is 26.2 Å². The number of aliphatic imine (C=N–C) groups is 1. The Balaban J connectivity index is 0.00000240. The van der Waals surface area contributed by atoms with Crippen LogP contribution in [-0.2, 0) is 16.1 Å². The van der Waals surface area contributed by atoms with E-state index >= 15 is 0 Å². The number of rotatable bonds is 3. The van der Waals surface area contributed by atoms with Gasteiger partial charge in [-0.1, -0.05) is 0 Å². The number of nitrogens with one attached hydrogen (secondary N) is 1. The minimum atomic E-state index is -0.237. The number of amides is 1. The number of nitrogens with zero attached hydrogens (tertiary/aromatic N) is 5. The molecule has 4 rings (SSSR count). The third-order valence-corrected chi connectivity index (χ3v) is 5.67. The molecule has 0 bridgehead atoms. The maximum Gasteiger partial charge on any atom is 0.251 e. The summed E-state index contributed by atoms with van der Waals surface area (Å²) in [5.74, 6) is 0.971. The van der Waals surface area contributed by atoms with Crippen molar-refractivity contribution in [2.75, 3.05) is 39.8 Å². The fourth-order valence-electron chi connectivity index (χ4n) is 3.72. The lowest BCUT2D eigenvalue weighted by Crippen LogP contribution is -2.55. The van der Waals surface area contributed by atoms with E-state index in [1.54, 1.807) is 7.05 Å². The predicted octanol–water partition coefficient (Wildman–Crippen LogP) is 2.11. The Labute approximate surface area is 195 Å². The fourth-order valence-corrected chi connectivity index (χ4v) is 4.07. The topological polar surface area (TPSA) is 74.5 Å². The number of fused-ring (bicyclic) bond motifs is 1. The van der Waals surface area contributed by atoms with Crippen LogP contribution >= 0.6 is 39.9 Å². The Morgan fingerprint density at radius 1 is 1.28 bits per heavy atom. The largest absolute Gasteiger partial charge is 0.368 e. The molecule has 2 aliphatic heterocycles. The van der Waals surface area contributed by atoms with Gasteiger partial charge in [0.05, 0.1) is 12.2 Å².